The fourth-order valence-electron chi connectivity index (χ4n) is 6.94. The fourth-order valence-corrected chi connectivity index (χ4v) is 6.94. The van der Waals surface area contributed by atoms with Crippen LogP contribution in [0.15, 0.2) is 63.4 Å². The zero-order chi connectivity index (χ0) is 31.3. The van der Waals surface area contributed by atoms with E-state index in [2.05, 4.69) is 26.0 Å². The van der Waals surface area contributed by atoms with Gasteiger partial charge in [0.15, 0.2) is 17.6 Å². The highest BCUT2D eigenvalue weighted by molar-refractivity contribution is 5.95. The van der Waals surface area contributed by atoms with Gasteiger partial charge < -0.3 is 30.1 Å². The van der Waals surface area contributed by atoms with E-state index in [9.17, 15) is 19.9 Å². The third kappa shape index (κ3) is 4.78. The minimum Gasteiger partial charge on any atom is -0.504 e. The van der Waals surface area contributed by atoms with Crippen molar-refractivity contribution in [3.05, 3.63) is 75.7 Å². The second-order valence-corrected chi connectivity index (χ2v) is 12.7. The Hall–Kier alpha value is -4.09. The number of ether oxygens (including phenoxy) is 1. The standard InChI is InChI=1S/C33H39N5O6/c1-5-20-14-15-23(39)26-24(20)33(6-2)27(43-26)25(37-42)22(16-32(33,41)18-34-17-19-12-13-19)29(40)36-31(3,4)30-35-28(38-44-30)21-10-8-7-9-11-21/h7-11,14-15,19,27,34,39,41H,5-6,12-13,16-18H2,1-4H3,(H,36,40)/t27-,32?,33?/m0/s1. The Morgan fingerprint density at radius 2 is 1.91 bits per heavy atom. The smallest absolute Gasteiger partial charge is 0.252 e. The summed E-state index contributed by atoms with van der Waals surface area (Å²) in [5.41, 5.74) is -1.57. The molecule has 11 heteroatoms. The maximum absolute atomic E-state index is 14.1. The number of amides is 1. The van der Waals surface area contributed by atoms with Crippen LogP contribution in [0.2, 0.25) is 0 Å². The number of benzene rings is 2. The summed E-state index contributed by atoms with van der Waals surface area (Å²) in [6, 6.07) is 12.7. The summed E-state index contributed by atoms with van der Waals surface area (Å²) in [4.78, 5) is 31.2. The average molecular weight is 602 g/mol. The van der Waals surface area contributed by atoms with Crippen molar-refractivity contribution in [2.45, 2.75) is 82.5 Å². The normalized spacial score (nSPS) is 24.4. The summed E-state index contributed by atoms with van der Waals surface area (Å²) in [7, 11) is 0. The molecule has 6 rings (SSSR count). The van der Waals surface area contributed by atoms with E-state index in [4.69, 9.17) is 9.26 Å². The van der Waals surface area contributed by atoms with Crippen LogP contribution in [-0.2, 0) is 22.2 Å². The summed E-state index contributed by atoms with van der Waals surface area (Å²) < 4.78 is 11.9. The van der Waals surface area contributed by atoms with Crippen LogP contribution < -0.4 is 15.4 Å². The highest BCUT2D eigenvalue weighted by atomic mass is 16.5. The second kappa shape index (κ2) is 11.1. The molecule has 3 aromatic rings. The average Bonchev–Trinajstić information content (AvgIpc) is 3.55. The number of nitroso groups, excluding NO2 is 1. The number of phenols is 1. The molecule has 1 aliphatic heterocycles. The van der Waals surface area contributed by atoms with Crippen LogP contribution in [0, 0.1) is 10.8 Å². The van der Waals surface area contributed by atoms with Crippen molar-refractivity contribution < 1.29 is 24.3 Å². The van der Waals surface area contributed by atoms with Gasteiger partial charge in [-0.1, -0.05) is 55.4 Å². The minimum atomic E-state index is -1.56. The largest absolute Gasteiger partial charge is 0.504 e. The number of aryl methyl sites for hydroxylation is 1. The van der Waals surface area contributed by atoms with E-state index in [1.54, 1.807) is 19.9 Å². The highest BCUT2D eigenvalue weighted by Crippen LogP contribution is 2.61. The van der Waals surface area contributed by atoms with Gasteiger partial charge in [0, 0.05) is 29.7 Å². The molecule has 1 amide bonds. The molecule has 232 valence electrons. The second-order valence-electron chi connectivity index (χ2n) is 12.7. The van der Waals surface area contributed by atoms with E-state index in [0.717, 1.165) is 30.5 Å². The Morgan fingerprint density at radius 3 is 2.57 bits per heavy atom. The summed E-state index contributed by atoms with van der Waals surface area (Å²) in [5, 5.41) is 37.4. The van der Waals surface area contributed by atoms with E-state index in [1.807, 2.05) is 50.2 Å². The Morgan fingerprint density at radius 1 is 1.16 bits per heavy atom. The maximum atomic E-state index is 14.1. The molecule has 1 aromatic heterocycles. The topological polar surface area (TPSA) is 159 Å². The van der Waals surface area contributed by atoms with Gasteiger partial charge in [-0.15, -0.1) is 4.91 Å². The lowest BCUT2D eigenvalue weighted by Crippen LogP contribution is -2.65. The predicted octanol–water partition coefficient (Wildman–Crippen LogP) is 4.62. The van der Waals surface area contributed by atoms with Crippen LogP contribution in [0.3, 0.4) is 0 Å². The number of aromatic nitrogens is 2. The minimum absolute atomic E-state index is 0.0195. The molecule has 1 fully saturated rings. The Balaban J connectivity index is 1.40. The van der Waals surface area contributed by atoms with Gasteiger partial charge in [-0.25, -0.2) is 0 Å². The quantitative estimate of drug-likeness (QED) is 0.230. The first-order chi connectivity index (χ1) is 21.1. The lowest BCUT2D eigenvalue weighted by Gasteiger charge is -2.51. The van der Waals surface area contributed by atoms with Gasteiger partial charge in [0.1, 0.15) is 11.2 Å². The van der Waals surface area contributed by atoms with Crippen molar-refractivity contribution in [2.75, 3.05) is 13.1 Å². The third-order valence-corrected chi connectivity index (χ3v) is 9.49. The molecule has 2 aromatic carbocycles. The monoisotopic (exact) mass is 601 g/mol. The van der Waals surface area contributed by atoms with Crippen LogP contribution in [0.5, 0.6) is 11.5 Å². The molecule has 2 aliphatic carbocycles. The van der Waals surface area contributed by atoms with E-state index >= 15 is 0 Å². The molecule has 2 unspecified atom stereocenters. The number of nitrogens with one attached hydrogen (secondary N) is 2. The van der Waals surface area contributed by atoms with Crippen molar-refractivity contribution in [1.29, 1.82) is 0 Å². The van der Waals surface area contributed by atoms with Crippen molar-refractivity contribution in [3.63, 3.8) is 0 Å². The SMILES string of the molecule is CCc1ccc(O)c2c1C1(CC)[C@@H](O2)C(N=O)=C(C(=O)NC(C)(C)c2nc(-c3ccccc3)no2)CC1(O)CNCC1CC1. The van der Waals surface area contributed by atoms with Gasteiger partial charge in [-0.3, -0.25) is 4.79 Å². The fraction of sp³-hybridized carbons (Fsp3) is 0.485. The number of nitrogens with zero attached hydrogens (tertiary/aromatic N) is 3. The van der Waals surface area contributed by atoms with Gasteiger partial charge in [0.25, 0.3) is 5.89 Å². The number of aromatic hydroxyl groups is 1. The number of hydrogen-bond acceptors (Lipinski definition) is 10. The molecule has 2 heterocycles. The first-order valence-corrected chi connectivity index (χ1v) is 15.3. The first-order valence-electron chi connectivity index (χ1n) is 15.3. The molecule has 44 heavy (non-hydrogen) atoms. The van der Waals surface area contributed by atoms with Gasteiger partial charge >= 0.3 is 0 Å². The van der Waals surface area contributed by atoms with E-state index < -0.39 is 28.6 Å². The zero-order valence-corrected chi connectivity index (χ0v) is 25.5. The predicted molar refractivity (Wildman–Crippen MR) is 163 cm³/mol. The van der Waals surface area contributed by atoms with Crippen LogP contribution in [-0.4, -0.2) is 51.1 Å². The van der Waals surface area contributed by atoms with Crippen molar-refractivity contribution in [1.82, 2.24) is 20.8 Å². The molecule has 4 N–H and O–H groups in total. The third-order valence-electron chi connectivity index (χ3n) is 9.49. The maximum Gasteiger partial charge on any atom is 0.252 e. The van der Waals surface area contributed by atoms with Crippen LogP contribution in [0.4, 0.5) is 0 Å². The van der Waals surface area contributed by atoms with Crippen LogP contribution in [0.25, 0.3) is 11.4 Å². The number of aliphatic hydroxyl groups is 1. The number of fused-ring (bicyclic) bond motifs is 3. The van der Waals surface area contributed by atoms with Gasteiger partial charge in [0.2, 0.25) is 11.7 Å². The van der Waals surface area contributed by atoms with Gasteiger partial charge in [-0.2, -0.15) is 4.98 Å². The van der Waals surface area contributed by atoms with E-state index in [1.165, 1.54) is 0 Å². The number of carbonyl (C=O) groups excluding carboxylic acids is 1. The molecular weight excluding hydrogens is 562 g/mol. The number of phenolic OH excluding ortho intramolecular Hbond substituents is 1. The zero-order valence-electron chi connectivity index (χ0n) is 25.5. The Bertz CT molecular complexity index is 1610. The van der Waals surface area contributed by atoms with E-state index in [0.29, 0.717) is 30.1 Å². The lowest BCUT2D eigenvalue weighted by atomic mass is 9.56. The van der Waals surface area contributed by atoms with Crippen molar-refractivity contribution in [2.24, 2.45) is 11.1 Å². The molecule has 0 saturated heterocycles. The summed E-state index contributed by atoms with van der Waals surface area (Å²) in [6.45, 7) is 8.25. The molecule has 0 radical (unpaired) electrons. The van der Waals surface area contributed by atoms with Crippen LogP contribution in [0.1, 0.15) is 70.4 Å². The van der Waals surface area contributed by atoms with Gasteiger partial charge in [-0.05, 0) is 68.8 Å². The Labute approximate surface area is 256 Å². The number of carbonyl (C=O) groups is 1. The van der Waals surface area contributed by atoms with Crippen molar-refractivity contribution in [3.8, 4) is 22.9 Å². The number of rotatable bonds is 11. The molecule has 11 nitrogen and oxygen atoms in total. The summed E-state index contributed by atoms with van der Waals surface area (Å²) >= 11 is 0. The molecule has 3 aliphatic rings. The van der Waals surface area contributed by atoms with Gasteiger partial charge in [0.05, 0.1) is 11.0 Å². The lowest BCUT2D eigenvalue weighted by molar-refractivity contribution is -0.123. The van der Waals surface area contributed by atoms with E-state index in [-0.39, 0.29) is 41.6 Å². The first kappa shape index (κ1) is 30.0. The highest BCUT2D eigenvalue weighted by Gasteiger charge is 2.66. The number of hydrogen-bond donors (Lipinski definition) is 4. The molecule has 1 saturated carbocycles. The summed E-state index contributed by atoms with van der Waals surface area (Å²) in [5.74, 6) is 0.638. The molecule has 3 atom stereocenters. The van der Waals surface area contributed by atoms with Crippen molar-refractivity contribution >= 4 is 5.91 Å². The molecular formula is C33H39N5O6. The molecule has 0 bridgehead atoms. The van der Waals surface area contributed by atoms with Crippen LogP contribution >= 0.6 is 0 Å². The Kier molecular flexibility index (Phi) is 7.57. The summed E-state index contributed by atoms with van der Waals surface area (Å²) in [6.07, 6.45) is 2.03. The molecule has 0 spiro atoms.